The van der Waals surface area contributed by atoms with Crippen LogP contribution in [-0.2, 0) is 18.0 Å². The van der Waals surface area contributed by atoms with Crippen molar-refractivity contribution < 1.29 is 22.3 Å². The zero-order valence-electron chi connectivity index (χ0n) is 21.5. The van der Waals surface area contributed by atoms with Gasteiger partial charge >= 0.3 is 6.18 Å². The third kappa shape index (κ3) is 4.58. The smallest absolute Gasteiger partial charge is 0.367 e. The summed E-state index contributed by atoms with van der Waals surface area (Å²) in [7, 11) is 0.990. The Hall–Kier alpha value is -4.31. The van der Waals surface area contributed by atoms with Crippen LogP contribution < -0.4 is 10.5 Å². The molecule has 206 valence electrons. The molecule has 1 aromatic carbocycles. The lowest BCUT2D eigenvalue weighted by molar-refractivity contribution is -0.147. The zero-order chi connectivity index (χ0) is 28.3. The second kappa shape index (κ2) is 9.41. The van der Waals surface area contributed by atoms with Crippen molar-refractivity contribution >= 4 is 16.7 Å². The SMILES string of the molecule is CC1CN(c2cc3c(=O)n(C)c(C(F)(F)F)nc3c(-c3ccc(C#N)cc3F)n2)CC(c2cnn(C3CC3)c2)O1. The molecule has 2 atom stereocenters. The fourth-order valence-corrected chi connectivity index (χ4v) is 5.02. The van der Waals surface area contributed by atoms with Crippen LogP contribution in [0.15, 0.2) is 41.5 Å². The molecule has 40 heavy (non-hydrogen) atoms. The number of rotatable bonds is 4. The average Bonchev–Trinajstić information content (AvgIpc) is 3.65. The molecule has 1 aliphatic carbocycles. The van der Waals surface area contributed by atoms with Gasteiger partial charge in [-0.15, -0.1) is 0 Å². The van der Waals surface area contributed by atoms with Crippen molar-refractivity contribution in [3.05, 3.63) is 69.8 Å². The van der Waals surface area contributed by atoms with E-state index >= 15 is 4.39 Å². The first-order chi connectivity index (χ1) is 19.0. The van der Waals surface area contributed by atoms with Crippen molar-refractivity contribution in [1.82, 2.24) is 24.3 Å². The number of morpholine rings is 1. The van der Waals surface area contributed by atoms with E-state index in [1.54, 1.807) is 6.20 Å². The van der Waals surface area contributed by atoms with Crippen LogP contribution in [0.2, 0.25) is 0 Å². The molecule has 2 aliphatic rings. The van der Waals surface area contributed by atoms with Crippen molar-refractivity contribution in [2.24, 2.45) is 7.05 Å². The molecule has 1 aliphatic heterocycles. The highest BCUT2D eigenvalue weighted by Crippen LogP contribution is 2.37. The number of aromatic nitrogens is 5. The van der Waals surface area contributed by atoms with E-state index in [0.717, 1.165) is 31.5 Å². The maximum absolute atomic E-state index is 15.2. The minimum Gasteiger partial charge on any atom is -0.367 e. The van der Waals surface area contributed by atoms with E-state index in [2.05, 4.69) is 15.1 Å². The molecule has 2 unspecified atom stereocenters. The quantitative estimate of drug-likeness (QED) is 0.343. The summed E-state index contributed by atoms with van der Waals surface area (Å²) in [5.74, 6) is -2.04. The molecule has 1 saturated heterocycles. The predicted octanol–water partition coefficient (Wildman–Crippen LogP) is 4.52. The number of nitriles is 1. The topological polar surface area (TPSA) is 102 Å². The molecular formula is C27H23F4N7O2. The van der Waals surface area contributed by atoms with Gasteiger partial charge in [0.2, 0.25) is 5.82 Å². The van der Waals surface area contributed by atoms with Crippen molar-refractivity contribution in [3.8, 4) is 17.3 Å². The van der Waals surface area contributed by atoms with Crippen LogP contribution in [0.4, 0.5) is 23.4 Å². The number of pyridine rings is 1. The van der Waals surface area contributed by atoms with Gasteiger partial charge in [0, 0.05) is 30.9 Å². The Labute approximate surface area is 225 Å². The standard InChI is InChI=1S/C27H23F4N7O2/c1-14-11-37(13-21(40-14)16-10-33-38(12-16)17-4-5-17)22-8-19-24(35-26(27(29,30)31)36(2)25(19)39)23(34-22)18-6-3-15(9-32)7-20(18)28/h3,6-8,10,12,14,17,21H,4-5,11,13H2,1-2H3. The first-order valence-corrected chi connectivity index (χ1v) is 12.7. The van der Waals surface area contributed by atoms with Gasteiger partial charge in [0.05, 0.1) is 41.9 Å². The van der Waals surface area contributed by atoms with Crippen LogP contribution in [-0.4, -0.2) is 43.5 Å². The number of ether oxygens (including phenoxy) is 1. The Morgan fingerprint density at radius 1 is 1.15 bits per heavy atom. The predicted molar refractivity (Wildman–Crippen MR) is 136 cm³/mol. The van der Waals surface area contributed by atoms with Gasteiger partial charge in [0.1, 0.15) is 28.9 Å². The van der Waals surface area contributed by atoms with Gasteiger partial charge in [0.15, 0.2) is 0 Å². The second-order valence-corrected chi connectivity index (χ2v) is 10.2. The Bertz CT molecular complexity index is 1740. The van der Waals surface area contributed by atoms with Crippen molar-refractivity contribution in [3.63, 3.8) is 0 Å². The number of halogens is 4. The fourth-order valence-electron chi connectivity index (χ4n) is 5.02. The highest BCUT2D eigenvalue weighted by molar-refractivity contribution is 5.93. The molecule has 6 rings (SSSR count). The van der Waals surface area contributed by atoms with Gasteiger partial charge < -0.3 is 9.64 Å². The zero-order valence-corrected chi connectivity index (χ0v) is 21.5. The summed E-state index contributed by atoms with van der Waals surface area (Å²) >= 11 is 0. The summed E-state index contributed by atoms with van der Waals surface area (Å²) in [4.78, 5) is 23.4. The normalized spacial score (nSPS) is 19.7. The average molecular weight is 554 g/mol. The highest BCUT2D eigenvalue weighted by Gasteiger charge is 2.37. The number of alkyl halides is 3. The molecule has 2 fully saturated rings. The van der Waals surface area contributed by atoms with Gasteiger partial charge in [-0.05, 0) is 44.0 Å². The molecule has 0 bridgehead atoms. The lowest BCUT2D eigenvalue weighted by atomic mass is 10.0. The summed E-state index contributed by atoms with van der Waals surface area (Å²) in [5.41, 5.74) is -0.836. The Morgan fingerprint density at radius 2 is 1.93 bits per heavy atom. The molecule has 0 spiro atoms. The van der Waals surface area contributed by atoms with Gasteiger partial charge in [-0.25, -0.2) is 14.4 Å². The Morgan fingerprint density at radius 3 is 2.60 bits per heavy atom. The summed E-state index contributed by atoms with van der Waals surface area (Å²) < 4.78 is 65.0. The lowest BCUT2D eigenvalue weighted by Gasteiger charge is -2.37. The minimum absolute atomic E-state index is 0.0261. The first kappa shape index (κ1) is 25.9. The number of nitrogens with zero attached hydrogens (tertiary/aromatic N) is 7. The van der Waals surface area contributed by atoms with E-state index in [1.807, 2.05) is 28.8 Å². The number of hydrogen-bond donors (Lipinski definition) is 0. The van der Waals surface area contributed by atoms with Gasteiger partial charge in [0.25, 0.3) is 5.56 Å². The number of hydrogen-bond acceptors (Lipinski definition) is 7. The summed E-state index contributed by atoms with van der Waals surface area (Å²) in [6.07, 6.45) is 0.277. The fraction of sp³-hybridized carbons (Fsp3) is 0.370. The van der Waals surface area contributed by atoms with E-state index in [9.17, 15) is 18.0 Å². The highest BCUT2D eigenvalue weighted by atomic mass is 19.4. The molecule has 1 saturated carbocycles. The molecular weight excluding hydrogens is 530 g/mol. The van der Waals surface area contributed by atoms with Crippen molar-refractivity contribution in [2.75, 3.05) is 18.0 Å². The summed E-state index contributed by atoms with van der Waals surface area (Å²) in [6, 6.07) is 7.15. The first-order valence-electron chi connectivity index (χ1n) is 12.7. The lowest BCUT2D eigenvalue weighted by Crippen LogP contribution is -2.43. The number of fused-ring (bicyclic) bond motifs is 1. The Balaban J connectivity index is 1.51. The van der Waals surface area contributed by atoms with Gasteiger partial charge in [-0.2, -0.15) is 23.5 Å². The second-order valence-electron chi connectivity index (χ2n) is 10.2. The molecule has 13 heteroatoms. The molecule has 9 nitrogen and oxygen atoms in total. The van der Waals surface area contributed by atoms with Gasteiger partial charge in [-0.1, -0.05) is 0 Å². The summed E-state index contributed by atoms with van der Waals surface area (Å²) in [6.45, 7) is 2.57. The van der Waals surface area contributed by atoms with Crippen LogP contribution in [0.25, 0.3) is 22.2 Å². The van der Waals surface area contributed by atoms with Crippen molar-refractivity contribution in [1.29, 1.82) is 5.26 Å². The van der Waals surface area contributed by atoms with Gasteiger partial charge in [-0.3, -0.25) is 14.0 Å². The van der Waals surface area contributed by atoms with Crippen LogP contribution >= 0.6 is 0 Å². The van der Waals surface area contributed by atoms with E-state index in [1.165, 1.54) is 18.2 Å². The van der Waals surface area contributed by atoms with Crippen LogP contribution in [0, 0.1) is 17.1 Å². The molecule has 4 heterocycles. The number of anilines is 1. The monoisotopic (exact) mass is 553 g/mol. The van der Waals surface area contributed by atoms with E-state index < -0.39 is 23.4 Å². The molecule has 0 N–H and O–H groups in total. The minimum atomic E-state index is -4.93. The van der Waals surface area contributed by atoms with Crippen LogP contribution in [0.5, 0.6) is 0 Å². The van der Waals surface area contributed by atoms with Crippen molar-refractivity contribution in [2.45, 2.75) is 44.2 Å². The molecule has 0 radical (unpaired) electrons. The maximum atomic E-state index is 15.2. The maximum Gasteiger partial charge on any atom is 0.449 e. The molecule has 0 amide bonds. The van der Waals surface area contributed by atoms with Crippen LogP contribution in [0.3, 0.4) is 0 Å². The molecule has 3 aromatic heterocycles. The van der Waals surface area contributed by atoms with E-state index in [0.29, 0.717) is 23.7 Å². The van der Waals surface area contributed by atoms with Crippen LogP contribution in [0.1, 0.15) is 48.9 Å². The van der Waals surface area contributed by atoms with E-state index in [4.69, 9.17) is 10.00 Å². The third-order valence-electron chi connectivity index (χ3n) is 7.16. The molecule has 4 aromatic rings. The summed E-state index contributed by atoms with van der Waals surface area (Å²) in [5, 5.41) is 13.4. The third-order valence-corrected chi connectivity index (χ3v) is 7.16. The number of benzene rings is 1. The largest absolute Gasteiger partial charge is 0.449 e. The van der Waals surface area contributed by atoms with E-state index in [-0.39, 0.29) is 45.7 Å². The Kier molecular flexibility index (Phi) is 6.10.